The zero-order valence-electron chi connectivity index (χ0n) is 9.75. The predicted molar refractivity (Wildman–Crippen MR) is 63.2 cm³/mol. The minimum Gasteiger partial charge on any atom is -0.479 e. The smallest absolute Gasteiger partial charge is 0.334 e. The number of ether oxygens (including phenoxy) is 1. The molecule has 0 saturated heterocycles. The van der Waals surface area contributed by atoms with Crippen molar-refractivity contribution in [2.45, 2.75) is 50.1 Å². The van der Waals surface area contributed by atoms with Crippen molar-refractivity contribution in [1.29, 1.82) is 0 Å². The summed E-state index contributed by atoms with van der Waals surface area (Å²) in [5.74, 6) is -1.49. The van der Waals surface area contributed by atoms with Gasteiger partial charge in [0.2, 0.25) is 0 Å². The Labute approximate surface area is 103 Å². The van der Waals surface area contributed by atoms with Crippen molar-refractivity contribution < 1.29 is 19.4 Å². The highest BCUT2D eigenvalue weighted by Crippen LogP contribution is 2.19. The number of halogens is 1. The van der Waals surface area contributed by atoms with E-state index in [4.69, 9.17) is 15.6 Å². The second-order valence-electron chi connectivity index (χ2n) is 4.61. The number of carbonyl (C=O) groups excluding carboxylic acids is 1. The van der Waals surface area contributed by atoms with Crippen molar-refractivity contribution in [2.24, 2.45) is 5.73 Å². The molecule has 0 rings (SSSR count). The van der Waals surface area contributed by atoms with Gasteiger partial charge in [0.15, 0.2) is 4.45 Å². The fourth-order valence-electron chi connectivity index (χ4n) is 0.989. The number of hydrogen-bond acceptors (Lipinski definition) is 4. The largest absolute Gasteiger partial charge is 0.479 e. The molecule has 0 aromatic rings. The second-order valence-corrected chi connectivity index (χ2v) is 6.02. The molecule has 0 fully saturated rings. The summed E-state index contributed by atoms with van der Waals surface area (Å²) in [4.78, 5) is 21.9. The molecule has 1 unspecified atom stereocenters. The standard InChI is InChI=1S/C10H18BrNO4/c1-9(2,3)16-7(13)5-4-6-10(11,12)8(14)15/h4-6,12H2,1-3H3,(H,14,15). The lowest BCUT2D eigenvalue weighted by molar-refractivity contribution is -0.155. The molecule has 3 N–H and O–H groups in total. The van der Waals surface area contributed by atoms with E-state index in [9.17, 15) is 9.59 Å². The third-order valence-electron chi connectivity index (χ3n) is 1.70. The lowest BCUT2D eigenvalue weighted by atomic mass is 10.1. The van der Waals surface area contributed by atoms with Crippen LogP contribution in [0.1, 0.15) is 40.0 Å². The van der Waals surface area contributed by atoms with Gasteiger partial charge in [-0.3, -0.25) is 4.79 Å². The number of hydrogen-bond donors (Lipinski definition) is 2. The molecule has 0 amide bonds. The lowest BCUT2D eigenvalue weighted by Gasteiger charge is -2.20. The third-order valence-corrected chi connectivity index (χ3v) is 2.43. The monoisotopic (exact) mass is 295 g/mol. The second kappa shape index (κ2) is 5.63. The van der Waals surface area contributed by atoms with Crippen LogP contribution >= 0.6 is 15.9 Å². The highest BCUT2D eigenvalue weighted by atomic mass is 79.9. The van der Waals surface area contributed by atoms with Crippen LogP contribution < -0.4 is 5.73 Å². The van der Waals surface area contributed by atoms with Gasteiger partial charge in [-0.1, -0.05) is 15.9 Å². The summed E-state index contributed by atoms with van der Waals surface area (Å²) in [5, 5.41) is 8.70. The van der Waals surface area contributed by atoms with Gasteiger partial charge in [0, 0.05) is 6.42 Å². The van der Waals surface area contributed by atoms with Crippen LogP contribution in [0.5, 0.6) is 0 Å². The number of esters is 1. The van der Waals surface area contributed by atoms with Gasteiger partial charge in [-0.15, -0.1) is 0 Å². The van der Waals surface area contributed by atoms with Crippen LogP contribution in [0.3, 0.4) is 0 Å². The molecule has 0 spiro atoms. The van der Waals surface area contributed by atoms with E-state index in [2.05, 4.69) is 15.9 Å². The number of carboxylic acid groups (broad SMARTS) is 1. The van der Waals surface area contributed by atoms with Gasteiger partial charge in [-0.2, -0.15) is 0 Å². The number of carbonyl (C=O) groups is 2. The molecule has 0 saturated carbocycles. The maximum atomic E-state index is 11.3. The van der Waals surface area contributed by atoms with Crippen LogP contribution in [0.2, 0.25) is 0 Å². The van der Waals surface area contributed by atoms with Gasteiger partial charge in [0.1, 0.15) is 5.60 Å². The molecule has 0 aromatic carbocycles. The number of carboxylic acids is 1. The number of nitrogens with two attached hydrogens (primary N) is 1. The number of aliphatic carboxylic acids is 1. The van der Waals surface area contributed by atoms with Crippen LogP contribution in [-0.2, 0) is 14.3 Å². The van der Waals surface area contributed by atoms with Crippen molar-refractivity contribution in [3.63, 3.8) is 0 Å². The molecule has 0 heterocycles. The van der Waals surface area contributed by atoms with Gasteiger partial charge < -0.3 is 15.6 Å². The first kappa shape index (κ1) is 15.4. The summed E-state index contributed by atoms with van der Waals surface area (Å²) in [6.45, 7) is 5.33. The summed E-state index contributed by atoms with van der Waals surface area (Å²) >= 11 is 2.88. The lowest BCUT2D eigenvalue weighted by Crippen LogP contribution is -2.41. The maximum absolute atomic E-state index is 11.3. The van der Waals surface area contributed by atoms with Gasteiger partial charge in [-0.25, -0.2) is 4.79 Å². The Bertz CT molecular complexity index is 270. The van der Waals surface area contributed by atoms with Crippen molar-refractivity contribution in [2.75, 3.05) is 0 Å². The molecule has 6 heteroatoms. The summed E-state index contributed by atoms with van der Waals surface area (Å²) in [6.07, 6.45) is 0.694. The van der Waals surface area contributed by atoms with E-state index in [1.807, 2.05) is 0 Å². The Morgan fingerprint density at radius 3 is 2.25 bits per heavy atom. The average Bonchev–Trinajstić information content (AvgIpc) is 1.99. The summed E-state index contributed by atoms with van der Waals surface area (Å²) in [5.41, 5.74) is 4.92. The first-order valence-electron chi connectivity index (χ1n) is 4.97. The van der Waals surface area contributed by atoms with Crippen LogP contribution in [-0.4, -0.2) is 27.1 Å². The van der Waals surface area contributed by atoms with E-state index in [1.54, 1.807) is 20.8 Å². The molecule has 5 nitrogen and oxygen atoms in total. The zero-order chi connectivity index (χ0) is 13.0. The summed E-state index contributed by atoms with van der Waals surface area (Å²) in [6, 6.07) is 0. The molecular weight excluding hydrogens is 278 g/mol. The minimum atomic E-state index is -1.46. The third kappa shape index (κ3) is 6.79. The Morgan fingerprint density at radius 1 is 1.38 bits per heavy atom. The quantitative estimate of drug-likeness (QED) is 0.457. The Morgan fingerprint density at radius 2 is 1.88 bits per heavy atom. The molecule has 0 aliphatic rings. The van der Waals surface area contributed by atoms with Crippen LogP contribution in [0.4, 0.5) is 0 Å². The number of alkyl halides is 1. The molecule has 0 aromatic heterocycles. The highest BCUT2D eigenvalue weighted by Gasteiger charge is 2.30. The zero-order valence-corrected chi connectivity index (χ0v) is 11.3. The van der Waals surface area contributed by atoms with E-state index in [-0.39, 0.29) is 18.8 Å². The van der Waals surface area contributed by atoms with E-state index in [0.717, 1.165) is 0 Å². The minimum absolute atomic E-state index is 0.162. The topological polar surface area (TPSA) is 89.6 Å². The molecule has 16 heavy (non-hydrogen) atoms. The average molecular weight is 296 g/mol. The Hall–Kier alpha value is -0.620. The van der Waals surface area contributed by atoms with E-state index in [1.165, 1.54) is 0 Å². The maximum Gasteiger partial charge on any atom is 0.334 e. The van der Waals surface area contributed by atoms with Gasteiger partial charge in [-0.05, 0) is 33.6 Å². The SMILES string of the molecule is CC(C)(C)OC(=O)CCCC(N)(Br)C(=O)O. The van der Waals surface area contributed by atoms with Crippen LogP contribution in [0.15, 0.2) is 0 Å². The van der Waals surface area contributed by atoms with E-state index >= 15 is 0 Å². The summed E-state index contributed by atoms with van der Waals surface area (Å²) in [7, 11) is 0. The molecule has 0 radical (unpaired) electrons. The van der Waals surface area contributed by atoms with Crippen molar-refractivity contribution >= 4 is 27.9 Å². The summed E-state index contributed by atoms with van der Waals surface area (Å²) < 4.78 is 3.61. The highest BCUT2D eigenvalue weighted by molar-refractivity contribution is 9.10. The van der Waals surface area contributed by atoms with Gasteiger partial charge >= 0.3 is 11.9 Å². The predicted octanol–water partition coefficient (Wildman–Crippen LogP) is 1.63. The first-order valence-corrected chi connectivity index (χ1v) is 5.77. The molecule has 0 aliphatic heterocycles. The normalized spacial score (nSPS) is 15.3. The number of rotatable bonds is 5. The van der Waals surface area contributed by atoms with Crippen molar-refractivity contribution in [1.82, 2.24) is 0 Å². The fraction of sp³-hybridized carbons (Fsp3) is 0.800. The first-order chi connectivity index (χ1) is 7.04. The molecule has 94 valence electrons. The van der Waals surface area contributed by atoms with Crippen molar-refractivity contribution in [3.8, 4) is 0 Å². The fourth-order valence-corrected chi connectivity index (χ4v) is 1.27. The van der Waals surface area contributed by atoms with Gasteiger partial charge in [0.05, 0.1) is 0 Å². The van der Waals surface area contributed by atoms with Crippen LogP contribution in [0, 0.1) is 0 Å². The Balaban J connectivity index is 3.92. The molecule has 0 aliphatic carbocycles. The van der Waals surface area contributed by atoms with Crippen molar-refractivity contribution in [3.05, 3.63) is 0 Å². The molecule has 0 bridgehead atoms. The van der Waals surface area contributed by atoms with E-state index in [0.29, 0.717) is 6.42 Å². The van der Waals surface area contributed by atoms with E-state index < -0.39 is 16.0 Å². The molecule has 1 atom stereocenters. The van der Waals surface area contributed by atoms with Gasteiger partial charge in [0.25, 0.3) is 0 Å². The van der Waals surface area contributed by atoms with Crippen LogP contribution in [0.25, 0.3) is 0 Å². The molecular formula is C10H18BrNO4. The Kier molecular flexibility index (Phi) is 5.41.